The number of ether oxygens (including phenoxy) is 1. The molecular weight excluding hydrogens is 222 g/mol. The Balaban J connectivity index is 2.60. The predicted molar refractivity (Wildman–Crippen MR) is 70.3 cm³/mol. The van der Waals surface area contributed by atoms with E-state index in [9.17, 15) is 0 Å². The molecule has 0 bridgehead atoms. The topological polar surface area (TPSA) is 39.1 Å². The van der Waals surface area contributed by atoms with E-state index in [4.69, 9.17) is 4.74 Å². The second-order valence-electron chi connectivity index (χ2n) is 3.60. The maximum atomic E-state index is 5.01. The van der Waals surface area contributed by atoms with E-state index in [1.54, 1.807) is 7.11 Å². The molecule has 1 heterocycles. The lowest BCUT2D eigenvalue weighted by Crippen LogP contribution is -2.16. The molecule has 0 aliphatic heterocycles. The van der Waals surface area contributed by atoms with Gasteiger partial charge in [0.25, 0.3) is 0 Å². The maximum absolute atomic E-state index is 5.01. The van der Waals surface area contributed by atoms with Crippen molar-refractivity contribution >= 4 is 17.7 Å². The normalized spacial score (nSPS) is 12.7. The standard InChI is InChI=1S/C11H21N3OS/c1-4-10(9-16-3)14-7-5-12-11(14)13-6-8-15-2/h5,7,10H,4,6,8-9H2,1-3H3,(H,12,13). The van der Waals surface area contributed by atoms with E-state index < -0.39 is 0 Å². The van der Waals surface area contributed by atoms with Crippen molar-refractivity contribution in [2.75, 3.05) is 37.6 Å². The lowest BCUT2D eigenvalue weighted by Gasteiger charge is -2.18. The average molecular weight is 243 g/mol. The van der Waals surface area contributed by atoms with Gasteiger partial charge in [0.2, 0.25) is 5.95 Å². The molecule has 5 heteroatoms. The van der Waals surface area contributed by atoms with Gasteiger partial charge in [0, 0.05) is 37.8 Å². The Bertz CT molecular complexity index is 291. The van der Waals surface area contributed by atoms with Crippen molar-refractivity contribution in [3.63, 3.8) is 0 Å². The molecule has 4 nitrogen and oxygen atoms in total. The predicted octanol–water partition coefficient (Wildman–Crippen LogP) is 2.26. The summed E-state index contributed by atoms with van der Waals surface area (Å²) in [6.07, 6.45) is 7.14. The molecule has 0 aliphatic carbocycles. The number of hydrogen-bond donors (Lipinski definition) is 1. The Hall–Kier alpha value is -0.680. The number of thioether (sulfide) groups is 1. The average Bonchev–Trinajstić information content (AvgIpc) is 2.74. The van der Waals surface area contributed by atoms with Gasteiger partial charge in [0.05, 0.1) is 6.61 Å². The minimum atomic E-state index is 0.516. The van der Waals surface area contributed by atoms with Crippen LogP contribution in [0.5, 0.6) is 0 Å². The summed E-state index contributed by atoms with van der Waals surface area (Å²) in [6.45, 7) is 3.70. The molecular formula is C11H21N3OS. The van der Waals surface area contributed by atoms with Gasteiger partial charge in [-0.2, -0.15) is 11.8 Å². The molecule has 1 unspecified atom stereocenters. The molecule has 0 saturated carbocycles. The molecule has 0 aliphatic rings. The number of imidazole rings is 1. The van der Waals surface area contributed by atoms with Gasteiger partial charge >= 0.3 is 0 Å². The first kappa shape index (κ1) is 13.4. The van der Waals surface area contributed by atoms with Gasteiger partial charge in [0.15, 0.2) is 0 Å². The van der Waals surface area contributed by atoms with Crippen molar-refractivity contribution in [3.8, 4) is 0 Å². The van der Waals surface area contributed by atoms with Crippen LogP contribution < -0.4 is 5.32 Å². The van der Waals surface area contributed by atoms with E-state index in [-0.39, 0.29) is 0 Å². The summed E-state index contributed by atoms with van der Waals surface area (Å²) >= 11 is 1.87. The Morgan fingerprint density at radius 3 is 3.06 bits per heavy atom. The third kappa shape index (κ3) is 3.72. The molecule has 0 saturated heterocycles. The van der Waals surface area contributed by atoms with Crippen molar-refractivity contribution in [3.05, 3.63) is 12.4 Å². The second kappa shape index (κ2) is 7.57. The summed E-state index contributed by atoms with van der Waals surface area (Å²) in [5, 5.41) is 3.28. The molecule has 1 N–H and O–H groups in total. The lowest BCUT2D eigenvalue weighted by molar-refractivity contribution is 0.210. The minimum Gasteiger partial charge on any atom is -0.383 e. The summed E-state index contributed by atoms with van der Waals surface area (Å²) in [5.41, 5.74) is 0. The van der Waals surface area contributed by atoms with Crippen LogP contribution in [0.3, 0.4) is 0 Å². The van der Waals surface area contributed by atoms with E-state index in [0.29, 0.717) is 12.6 Å². The Morgan fingerprint density at radius 1 is 1.62 bits per heavy atom. The summed E-state index contributed by atoms with van der Waals surface area (Å²) in [5.74, 6) is 2.06. The van der Waals surface area contributed by atoms with E-state index in [1.165, 1.54) is 0 Å². The van der Waals surface area contributed by atoms with Crippen molar-refractivity contribution in [1.29, 1.82) is 0 Å². The number of aromatic nitrogens is 2. The van der Waals surface area contributed by atoms with Gasteiger partial charge in [0.1, 0.15) is 0 Å². The van der Waals surface area contributed by atoms with E-state index >= 15 is 0 Å². The van der Waals surface area contributed by atoms with Crippen molar-refractivity contribution in [1.82, 2.24) is 9.55 Å². The molecule has 1 rings (SSSR count). The van der Waals surface area contributed by atoms with E-state index in [0.717, 1.165) is 24.7 Å². The van der Waals surface area contributed by atoms with Crippen LogP contribution in [0.15, 0.2) is 12.4 Å². The SMILES string of the molecule is CCC(CSC)n1ccnc1NCCOC. The smallest absolute Gasteiger partial charge is 0.203 e. The first-order valence-electron chi connectivity index (χ1n) is 5.58. The molecule has 1 atom stereocenters. The molecule has 0 spiro atoms. The van der Waals surface area contributed by atoms with Crippen LogP contribution in [0.2, 0.25) is 0 Å². The van der Waals surface area contributed by atoms with Crippen LogP contribution in [0.25, 0.3) is 0 Å². The van der Waals surface area contributed by atoms with Crippen molar-refractivity contribution in [2.45, 2.75) is 19.4 Å². The fraction of sp³-hybridized carbons (Fsp3) is 0.727. The first-order valence-corrected chi connectivity index (χ1v) is 6.97. The van der Waals surface area contributed by atoms with Crippen LogP contribution in [-0.4, -0.2) is 41.8 Å². The summed E-state index contributed by atoms with van der Waals surface area (Å²) in [7, 11) is 1.71. The Morgan fingerprint density at radius 2 is 2.44 bits per heavy atom. The number of nitrogens with one attached hydrogen (secondary N) is 1. The molecule has 16 heavy (non-hydrogen) atoms. The summed E-state index contributed by atoms with van der Waals surface area (Å²) in [6, 6.07) is 0.516. The molecule has 0 radical (unpaired) electrons. The summed E-state index contributed by atoms with van der Waals surface area (Å²) in [4.78, 5) is 4.33. The number of rotatable bonds is 8. The van der Waals surface area contributed by atoms with E-state index in [2.05, 4.69) is 28.0 Å². The van der Waals surface area contributed by atoms with Gasteiger partial charge in [-0.05, 0) is 12.7 Å². The highest BCUT2D eigenvalue weighted by atomic mass is 32.2. The zero-order valence-corrected chi connectivity index (χ0v) is 11.1. The number of methoxy groups -OCH3 is 1. The number of nitrogens with zero attached hydrogens (tertiary/aromatic N) is 2. The van der Waals surface area contributed by atoms with Crippen LogP contribution in [0.1, 0.15) is 19.4 Å². The fourth-order valence-corrected chi connectivity index (χ4v) is 2.38. The second-order valence-corrected chi connectivity index (χ2v) is 4.51. The van der Waals surface area contributed by atoms with Gasteiger partial charge in [-0.25, -0.2) is 4.98 Å². The highest BCUT2D eigenvalue weighted by Crippen LogP contribution is 2.20. The monoisotopic (exact) mass is 243 g/mol. The zero-order chi connectivity index (χ0) is 11.8. The molecule has 92 valence electrons. The van der Waals surface area contributed by atoms with Gasteiger partial charge in [-0.3, -0.25) is 0 Å². The summed E-state index contributed by atoms with van der Waals surface area (Å²) < 4.78 is 7.23. The lowest BCUT2D eigenvalue weighted by atomic mass is 10.2. The molecule has 0 amide bonds. The molecule has 1 aromatic rings. The molecule has 0 aromatic carbocycles. The zero-order valence-electron chi connectivity index (χ0n) is 10.3. The third-order valence-corrected chi connectivity index (χ3v) is 3.20. The van der Waals surface area contributed by atoms with Crippen LogP contribution in [-0.2, 0) is 4.74 Å². The highest BCUT2D eigenvalue weighted by molar-refractivity contribution is 7.98. The fourth-order valence-electron chi connectivity index (χ4n) is 1.60. The maximum Gasteiger partial charge on any atom is 0.203 e. The van der Waals surface area contributed by atoms with E-state index in [1.807, 2.05) is 24.2 Å². The number of hydrogen-bond acceptors (Lipinski definition) is 4. The third-order valence-electron chi connectivity index (χ3n) is 2.48. The first-order chi connectivity index (χ1) is 7.83. The highest BCUT2D eigenvalue weighted by Gasteiger charge is 2.11. The quantitative estimate of drug-likeness (QED) is 0.711. The minimum absolute atomic E-state index is 0.516. The Labute approximate surface area is 102 Å². The number of anilines is 1. The van der Waals surface area contributed by atoms with Crippen LogP contribution >= 0.6 is 11.8 Å². The molecule has 0 fully saturated rings. The van der Waals surface area contributed by atoms with Gasteiger partial charge < -0.3 is 14.6 Å². The van der Waals surface area contributed by atoms with Crippen molar-refractivity contribution in [2.24, 2.45) is 0 Å². The van der Waals surface area contributed by atoms with Crippen LogP contribution in [0.4, 0.5) is 5.95 Å². The largest absolute Gasteiger partial charge is 0.383 e. The van der Waals surface area contributed by atoms with Gasteiger partial charge in [-0.15, -0.1) is 0 Å². The Kier molecular flexibility index (Phi) is 6.33. The van der Waals surface area contributed by atoms with Crippen LogP contribution in [0, 0.1) is 0 Å². The van der Waals surface area contributed by atoms with Crippen molar-refractivity contribution < 1.29 is 4.74 Å². The van der Waals surface area contributed by atoms with Gasteiger partial charge in [-0.1, -0.05) is 6.92 Å². The molecule has 1 aromatic heterocycles.